The minimum atomic E-state index is -1.01. The number of aromatic nitrogens is 1. The van der Waals surface area contributed by atoms with E-state index >= 15 is 0 Å². The fourth-order valence-electron chi connectivity index (χ4n) is 2.68. The van der Waals surface area contributed by atoms with Crippen LogP contribution in [0.5, 0.6) is 0 Å². The van der Waals surface area contributed by atoms with Gasteiger partial charge in [-0.1, -0.05) is 19.3 Å². The summed E-state index contributed by atoms with van der Waals surface area (Å²) in [4.78, 5) is 15.4. The largest absolute Gasteiger partial charge is 0.478 e. The van der Waals surface area contributed by atoms with Crippen LogP contribution in [0.2, 0.25) is 0 Å². The number of rotatable bonds is 5. The Bertz CT molecular complexity index is 487. The van der Waals surface area contributed by atoms with Crippen LogP contribution in [0.1, 0.15) is 42.5 Å². The molecule has 1 saturated carbocycles. The van der Waals surface area contributed by atoms with Crippen LogP contribution in [0.15, 0.2) is 12.3 Å². The fourth-order valence-corrected chi connectivity index (χ4v) is 3.59. The van der Waals surface area contributed by atoms with Gasteiger partial charge in [0.15, 0.2) is 0 Å². The predicted octanol–water partition coefficient (Wildman–Crippen LogP) is 2.84. The number of hydrogen-bond donors (Lipinski definition) is 3. The average molecular weight is 295 g/mol. The number of nitrogens with one attached hydrogen (secondary N) is 1. The van der Waals surface area contributed by atoms with E-state index in [1.165, 1.54) is 44.4 Å². The Morgan fingerprint density at radius 3 is 2.80 bits per heavy atom. The van der Waals surface area contributed by atoms with Gasteiger partial charge in [0.25, 0.3) is 0 Å². The molecule has 0 amide bonds. The Balaban J connectivity index is 2.11. The first-order valence-electron chi connectivity index (χ1n) is 6.84. The first-order valence-corrected chi connectivity index (χ1v) is 8.07. The molecule has 0 radical (unpaired) electrons. The SMILES string of the molecule is CSC1(CNc2ncc(N)cc2C(=O)O)CCCCC1. The summed E-state index contributed by atoms with van der Waals surface area (Å²) in [5.74, 6) is -0.597. The number of nitrogens with zero attached hydrogens (tertiary/aromatic N) is 1. The maximum atomic E-state index is 11.2. The maximum Gasteiger partial charge on any atom is 0.339 e. The zero-order chi connectivity index (χ0) is 14.6. The van der Waals surface area contributed by atoms with Crippen molar-refractivity contribution in [2.45, 2.75) is 36.9 Å². The van der Waals surface area contributed by atoms with Gasteiger partial charge in [-0.15, -0.1) is 0 Å². The Morgan fingerprint density at radius 2 is 2.20 bits per heavy atom. The highest BCUT2D eigenvalue weighted by Gasteiger charge is 2.31. The third-order valence-corrected chi connectivity index (χ3v) is 5.33. The number of nitrogen functional groups attached to an aromatic ring is 1. The van der Waals surface area contributed by atoms with Gasteiger partial charge in [-0.2, -0.15) is 11.8 Å². The molecule has 5 nitrogen and oxygen atoms in total. The van der Waals surface area contributed by atoms with Crippen molar-refractivity contribution >= 4 is 29.2 Å². The predicted molar refractivity (Wildman–Crippen MR) is 83.4 cm³/mol. The number of carboxylic acid groups (broad SMARTS) is 1. The number of carbonyl (C=O) groups is 1. The first kappa shape index (κ1) is 15.0. The third-order valence-electron chi connectivity index (χ3n) is 3.92. The highest BCUT2D eigenvalue weighted by Crippen LogP contribution is 2.38. The monoisotopic (exact) mass is 295 g/mol. The molecule has 0 atom stereocenters. The van der Waals surface area contributed by atoms with Crippen molar-refractivity contribution in [3.63, 3.8) is 0 Å². The molecule has 1 aliphatic carbocycles. The number of nitrogens with two attached hydrogens (primary N) is 1. The van der Waals surface area contributed by atoms with Gasteiger partial charge in [0.05, 0.1) is 11.9 Å². The van der Waals surface area contributed by atoms with E-state index in [0.717, 1.165) is 6.54 Å². The van der Waals surface area contributed by atoms with Crippen molar-refractivity contribution < 1.29 is 9.90 Å². The van der Waals surface area contributed by atoms with Crippen molar-refractivity contribution in [3.8, 4) is 0 Å². The van der Waals surface area contributed by atoms with Crippen LogP contribution in [0, 0.1) is 0 Å². The molecule has 6 heteroatoms. The Hall–Kier alpha value is -1.43. The molecule has 2 rings (SSSR count). The number of pyridine rings is 1. The fraction of sp³-hybridized carbons (Fsp3) is 0.571. The van der Waals surface area contributed by atoms with Crippen LogP contribution in [0.25, 0.3) is 0 Å². The molecule has 1 aliphatic rings. The Labute approximate surface area is 123 Å². The van der Waals surface area contributed by atoms with Crippen molar-refractivity contribution in [2.24, 2.45) is 0 Å². The number of carboxylic acids is 1. The smallest absolute Gasteiger partial charge is 0.339 e. The minimum Gasteiger partial charge on any atom is -0.478 e. The standard InChI is InChI=1S/C14H21N3O2S/c1-20-14(5-3-2-4-6-14)9-17-12-11(13(18)19)7-10(15)8-16-12/h7-8H,2-6,9,15H2,1H3,(H,16,17)(H,18,19). The number of thioether (sulfide) groups is 1. The maximum absolute atomic E-state index is 11.2. The second-order valence-electron chi connectivity index (χ2n) is 5.27. The van der Waals surface area contributed by atoms with Crippen LogP contribution >= 0.6 is 11.8 Å². The van der Waals surface area contributed by atoms with Crippen molar-refractivity contribution in [2.75, 3.05) is 23.9 Å². The van der Waals surface area contributed by atoms with Crippen LogP contribution in [0.3, 0.4) is 0 Å². The zero-order valence-electron chi connectivity index (χ0n) is 11.7. The molecule has 20 heavy (non-hydrogen) atoms. The average Bonchev–Trinajstić information content (AvgIpc) is 2.47. The lowest BCUT2D eigenvalue weighted by Crippen LogP contribution is -2.36. The molecule has 4 N–H and O–H groups in total. The van der Waals surface area contributed by atoms with Gasteiger partial charge in [-0.05, 0) is 25.2 Å². The van der Waals surface area contributed by atoms with E-state index in [9.17, 15) is 9.90 Å². The Kier molecular flexibility index (Phi) is 4.75. The minimum absolute atomic E-state index is 0.136. The second-order valence-corrected chi connectivity index (χ2v) is 6.55. The summed E-state index contributed by atoms with van der Waals surface area (Å²) in [7, 11) is 0. The van der Waals surface area contributed by atoms with Gasteiger partial charge in [0, 0.05) is 11.3 Å². The van der Waals surface area contributed by atoms with Gasteiger partial charge in [-0.3, -0.25) is 0 Å². The van der Waals surface area contributed by atoms with Gasteiger partial charge >= 0.3 is 5.97 Å². The lowest BCUT2D eigenvalue weighted by Gasteiger charge is -2.36. The third kappa shape index (κ3) is 3.36. The van der Waals surface area contributed by atoms with Crippen LogP contribution in [-0.2, 0) is 0 Å². The lowest BCUT2D eigenvalue weighted by atomic mass is 9.88. The normalized spacial score (nSPS) is 17.6. The van der Waals surface area contributed by atoms with Crippen LogP contribution in [0.4, 0.5) is 11.5 Å². The molecular weight excluding hydrogens is 274 g/mol. The summed E-state index contributed by atoms with van der Waals surface area (Å²) in [6.07, 6.45) is 9.72. The van der Waals surface area contributed by atoms with Gasteiger partial charge in [-0.25, -0.2) is 9.78 Å². The first-order chi connectivity index (χ1) is 9.56. The highest BCUT2D eigenvalue weighted by atomic mass is 32.2. The quantitative estimate of drug-likeness (QED) is 0.774. The summed E-state index contributed by atoms with van der Waals surface area (Å²) in [6, 6.07) is 1.45. The molecule has 1 fully saturated rings. The molecule has 0 bridgehead atoms. The molecule has 1 heterocycles. The van der Waals surface area contributed by atoms with E-state index in [4.69, 9.17) is 5.73 Å². The summed E-state index contributed by atoms with van der Waals surface area (Å²) in [5, 5.41) is 12.4. The number of hydrogen-bond acceptors (Lipinski definition) is 5. The van der Waals surface area contributed by atoms with Crippen molar-refractivity contribution in [3.05, 3.63) is 17.8 Å². The van der Waals surface area contributed by atoms with Gasteiger partial charge in [0.1, 0.15) is 11.4 Å². The van der Waals surface area contributed by atoms with Crippen molar-refractivity contribution in [1.82, 2.24) is 4.98 Å². The van der Waals surface area contributed by atoms with E-state index in [-0.39, 0.29) is 10.3 Å². The molecule has 0 saturated heterocycles. The lowest BCUT2D eigenvalue weighted by molar-refractivity contribution is 0.0697. The van der Waals surface area contributed by atoms with Crippen molar-refractivity contribution in [1.29, 1.82) is 0 Å². The summed E-state index contributed by atoms with van der Waals surface area (Å²) < 4.78 is 0.192. The van der Waals surface area contributed by atoms with E-state index in [2.05, 4.69) is 16.6 Å². The number of anilines is 2. The topological polar surface area (TPSA) is 88.2 Å². The zero-order valence-corrected chi connectivity index (χ0v) is 12.5. The molecule has 0 unspecified atom stereocenters. The molecule has 110 valence electrons. The van der Waals surface area contributed by atoms with Crippen LogP contribution < -0.4 is 11.1 Å². The Morgan fingerprint density at radius 1 is 1.50 bits per heavy atom. The summed E-state index contributed by atoms with van der Waals surface area (Å²) in [5.41, 5.74) is 6.10. The van der Waals surface area contributed by atoms with E-state index in [1.54, 1.807) is 0 Å². The summed E-state index contributed by atoms with van der Waals surface area (Å²) in [6.45, 7) is 0.741. The van der Waals surface area contributed by atoms with E-state index < -0.39 is 5.97 Å². The van der Waals surface area contributed by atoms with Crippen LogP contribution in [-0.4, -0.2) is 33.6 Å². The summed E-state index contributed by atoms with van der Waals surface area (Å²) >= 11 is 1.87. The highest BCUT2D eigenvalue weighted by molar-refractivity contribution is 8.00. The molecular formula is C14H21N3O2S. The molecule has 1 aromatic heterocycles. The van der Waals surface area contributed by atoms with Gasteiger partial charge in [0.2, 0.25) is 0 Å². The second kappa shape index (κ2) is 6.35. The number of aromatic carboxylic acids is 1. The van der Waals surface area contributed by atoms with Gasteiger partial charge < -0.3 is 16.2 Å². The van der Waals surface area contributed by atoms with E-state index in [0.29, 0.717) is 11.5 Å². The molecule has 0 aromatic carbocycles. The molecule has 0 spiro atoms. The molecule has 1 aromatic rings. The van der Waals surface area contributed by atoms with E-state index in [1.807, 2.05) is 11.8 Å². The molecule has 0 aliphatic heterocycles.